The van der Waals surface area contributed by atoms with Crippen molar-refractivity contribution in [2.45, 2.75) is 38.0 Å². The fourth-order valence-electron chi connectivity index (χ4n) is 2.53. The molecular formula is C13H17F3N2. The molecule has 1 aliphatic heterocycles. The molecule has 0 aromatic heterocycles. The number of fused-ring (bicyclic) bond motifs is 1. The lowest BCUT2D eigenvalue weighted by atomic mass is 10.0. The third-order valence-corrected chi connectivity index (χ3v) is 3.43. The van der Waals surface area contributed by atoms with E-state index < -0.39 is 11.7 Å². The molecule has 1 aromatic carbocycles. The highest BCUT2D eigenvalue weighted by molar-refractivity contribution is 5.60. The van der Waals surface area contributed by atoms with Gasteiger partial charge in [0.2, 0.25) is 0 Å². The summed E-state index contributed by atoms with van der Waals surface area (Å²) in [5, 5.41) is 0. The highest BCUT2D eigenvalue weighted by atomic mass is 19.4. The summed E-state index contributed by atoms with van der Waals surface area (Å²) >= 11 is 0. The summed E-state index contributed by atoms with van der Waals surface area (Å²) in [5.74, 6) is 0. The van der Waals surface area contributed by atoms with Crippen molar-refractivity contribution in [3.63, 3.8) is 0 Å². The third-order valence-electron chi connectivity index (χ3n) is 3.43. The van der Waals surface area contributed by atoms with Gasteiger partial charge in [-0.3, -0.25) is 0 Å². The van der Waals surface area contributed by atoms with E-state index in [0.29, 0.717) is 6.42 Å². The Morgan fingerprint density at radius 1 is 1.44 bits per heavy atom. The summed E-state index contributed by atoms with van der Waals surface area (Å²) in [4.78, 5) is 2.03. The van der Waals surface area contributed by atoms with E-state index in [-0.39, 0.29) is 12.1 Å². The first-order valence-electron chi connectivity index (χ1n) is 5.97. The molecule has 0 fully saturated rings. The molecule has 0 radical (unpaired) electrons. The molecule has 2 nitrogen and oxygen atoms in total. The Morgan fingerprint density at radius 2 is 2.11 bits per heavy atom. The first-order chi connectivity index (χ1) is 8.29. The summed E-state index contributed by atoms with van der Waals surface area (Å²) < 4.78 is 37.9. The maximum Gasteiger partial charge on any atom is 0.416 e. The van der Waals surface area contributed by atoms with Crippen LogP contribution < -0.4 is 10.6 Å². The van der Waals surface area contributed by atoms with Crippen LogP contribution in [0.3, 0.4) is 0 Å². The quantitative estimate of drug-likeness (QED) is 0.883. The number of rotatable bonds is 2. The fourth-order valence-corrected chi connectivity index (χ4v) is 2.53. The standard InChI is InChI=1S/C13H17F3N2/c1-8(17)5-11-7-9-6-10(13(14,15)16)3-4-12(9)18(11)2/h3-4,6,8,11H,5,7,17H2,1-2H3. The van der Waals surface area contributed by atoms with Crippen molar-refractivity contribution in [2.75, 3.05) is 11.9 Å². The molecule has 1 aromatic rings. The fraction of sp³-hybridized carbons (Fsp3) is 0.538. The van der Waals surface area contributed by atoms with Crippen LogP contribution in [0, 0.1) is 0 Å². The van der Waals surface area contributed by atoms with Gasteiger partial charge in [-0.2, -0.15) is 13.2 Å². The number of benzene rings is 1. The van der Waals surface area contributed by atoms with Gasteiger partial charge in [-0.25, -0.2) is 0 Å². The number of alkyl halides is 3. The van der Waals surface area contributed by atoms with Gasteiger partial charge in [0.1, 0.15) is 0 Å². The highest BCUT2D eigenvalue weighted by Gasteiger charge is 2.34. The summed E-state index contributed by atoms with van der Waals surface area (Å²) in [7, 11) is 1.91. The lowest BCUT2D eigenvalue weighted by Gasteiger charge is -2.24. The molecule has 0 bridgehead atoms. The lowest BCUT2D eigenvalue weighted by Crippen LogP contribution is -2.33. The third kappa shape index (κ3) is 2.46. The molecule has 1 aliphatic rings. The van der Waals surface area contributed by atoms with Crippen LogP contribution in [0.2, 0.25) is 0 Å². The Kier molecular flexibility index (Phi) is 3.27. The van der Waals surface area contributed by atoms with Gasteiger partial charge in [0, 0.05) is 24.8 Å². The van der Waals surface area contributed by atoms with Crippen molar-refractivity contribution in [3.8, 4) is 0 Å². The summed E-state index contributed by atoms with van der Waals surface area (Å²) in [5.41, 5.74) is 6.83. The molecule has 0 saturated carbocycles. The average Bonchev–Trinajstić information content (AvgIpc) is 2.53. The second-order valence-corrected chi connectivity index (χ2v) is 5.02. The summed E-state index contributed by atoms with van der Waals surface area (Å²) in [6.45, 7) is 1.91. The molecular weight excluding hydrogens is 241 g/mol. The largest absolute Gasteiger partial charge is 0.416 e. The predicted molar refractivity (Wildman–Crippen MR) is 65.6 cm³/mol. The van der Waals surface area contributed by atoms with E-state index in [0.717, 1.165) is 23.7 Å². The highest BCUT2D eigenvalue weighted by Crippen LogP contribution is 2.37. The normalized spacial score (nSPS) is 21.0. The number of hydrogen-bond acceptors (Lipinski definition) is 2. The van der Waals surface area contributed by atoms with Gasteiger partial charge in [0.15, 0.2) is 0 Å². The maximum atomic E-state index is 12.6. The second kappa shape index (κ2) is 4.46. The van der Waals surface area contributed by atoms with E-state index in [1.165, 1.54) is 6.07 Å². The summed E-state index contributed by atoms with van der Waals surface area (Å²) in [6.07, 6.45) is -2.85. The van der Waals surface area contributed by atoms with Crippen LogP contribution in [0.25, 0.3) is 0 Å². The van der Waals surface area contributed by atoms with Gasteiger partial charge in [-0.1, -0.05) is 0 Å². The van der Waals surface area contributed by atoms with Crippen LogP contribution in [0.1, 0.15) is 24.5 Å². The Bertz CT molecular complexity index is 440. The van der Waals surface area contributed by atoms with Gasteiger partial charge in [0.05, 0.1) is 5.56 Å². The average molecular weight is 258 g/mol. The maximum absolute atomic E-state index is 12.6. The van der Waals surface area contributed by atoms with Crippen molar-refractivity contribution in [3.05, 3.63) is 29.3 Å². The van der Waals surface area contributed by atoms with Gasteiger partial charge in [-0.15, -0.1) is 0 Å². The number of anilines is 1. The molecule has 18 heavy (non-hydrogen) atoms. The van der Waals surface area contributed by atoms with Gasteiger partial charge in [0.25, 0.3) is 0 Å². The molecule has 0 spiro atoms. The minimum absolute atomic E-state index is 0.0499. The van der Waals surface area contributed by atoms with E-state index in [9.17, 15) is 13.2 Å². The minimum Gasteiger partial charge on any atom is -0.371 e. The Labute approximate surface area is 105 Å². The molecule has 2 N–H and O–H groups in total. The van der Waals surface area contributed by atoms with E-state index in [2.05, 4.69) is 0 Å². The number of hydrogen-bond donors (Lipinski definition) is 1. The van der Waals surface area contributed by atoms with E-state index in [1.807, 2.05) is 18.9 Å². The van der Waals surface area contributed by atoms with Crippen molar-refractivity contribution in [1.29, 1.82) is 0 Å². The molecule has 0 saturated heterocycles. The zero-order valence-corrected chi connectivity index (χ0v) is 10.5. The zero-order valence-electron chi connectivity index (χ0n) is 10.5. The van der Waals surface area contributed by atoms with Crippen LogP contribution in [0.5, 0.6) is 0 Å². The molecule has 5 heteroatoms. The number of nitrogens with two attached hydrogens (primary N) is 1. The SMILES string of the molecule is CC(N)CC1Cc2cc(C(F)(F)F)ccc2N1C. The van der Waals surface area contributed by atoms with Gasteiger partial charge < -0.3 is 10.6 Å². The first kappa shape index (κ1) is 13.2. The smallest absolute Gasteiger partial charge is 0.371 e. The van der Waals surface area contributed by atoms with Crippen molar-refractivity contribution in [2.24, 2.45) is 5.73 Å². The molecule has 2 atom stereocenters. The van der Waals surface area contributed by atoms with Crippen molar-refractivity contribution >= 4 is 5.69 Å². The second-order valence-electron chi connectivity index (χ2n) is 5.02. The van der Waals surface area contributed by atoms with Crippen LogP contribution in [0.15, 0.2) is 18.2 Å². The van der Waals surface area contributed by atoms with Gasteiger partial charge in [-0.05, 0) is 43.5 Å². The molecule has 2 rings (SSSR count). The monoisotopic (exact) mass is 258 g/mol. The first-order valence-corrected chi connectivity index (χ1v) is 5.97. The Hall–Kier alpha value is -1.23. The van der Waals surface area contributed by atoms with E-state index in [4.69, 9.17) is 5.73 Å². The molecule has 100 valence electrons. The molecule has 0 amide bonds. The van der Waals surface area contributed by atoms with Crippen LogP contribution >= 0.6 is 0 Å². The van der Waals surface area contributed by atoms with Crippen LogP contribution in [0.4, 0.5) is 18.9 Å². The van der Waals surface area contributed by atoms with Crippen molar-refractivity contribution < 1.29 is 13.2 Å². The molecule has 2 unspecified atom stereocenters. The number of nitrogens with zero attached hydrogens (tertiary/aromatic N) is 1. The zero-order chi connectivity index (χ0) is 13.5. The van der Waals surface area contributed by atoms with Crippen LogP contribution in [-0.2, 0) is 12.6 Å². The topological polar surface area (TPSA) is 29.3 Å². The predicted octanol–water partition coefficient (Wildman–Crippen LogP) is 2.80. The Balaban J connectivity index is 2.26. The Morgan fingerprint density at radius 3 is 2.67 bits per heavy atom. The lowest BCUT2D eigenvalue weighted by molar-refractivity contribution is -0.137. The summed E-state index contributed by atoms with van der Waals surface area (Å²) in [6, 6.07) is 4.20. The van der Waals surface area contributed by atoms with E-state index >= 15 is 0 Å². The van der Waals surface area contributed by atoms with Crippen LogP contribution in [-0.4, -0.2) is 19.1 Å². The number of likely N-dealkylation sites (N-methyl/N-ethyl adjacent to an activating group) is 1. The number of halogens is 3. The minimum atomic E-state index is -4.27. The molecule has 1 heterocycles. The van der Waals surface area contributed by atoms with E-state index in [1.54, 1.807) is 6.07 Å². The van der Waals surface area contributed by atoms with Gasteiger partial charge >= 0.3 is 6.18 Å². The molecule has 0 aliphatic carbocycles. The van der Waals surface area contributed by atoms with Crippen molar-refractivity contribution in [1.82, 2.24) is 0 Å².